The van der Waals surface area contributed by atoms with Crippen molar-refractivity contribution in [3.8, 4) is 11.8 Å². The zero-order valence-electron chi connectivity index (χ0n) is 11.9. The van der Waals surface area contributed by atoms with Gasteiger partial charge in [0.05, 0.1) is 29.0 Å². The number of ether oxygens (including phenoxy) is 1. The first-order chi connectivity index (χ1) is 9.71. The third kappa shape index (κ3) is 5.74. The summed E-state index contributed by atoms with van der Waals surface area (Å²) in [5.74, 6) is 5.69. The molecule has 0 fully saturated rings. The van der Waals surface area contributed by atoms with Crippen molar-refractivity contribution in [3.63, 3.8) is 0 Å². The highest BCUT2D eigenvalue weighted by Crippen LogP contribution is 2.15. The van der Waals surface area contributed by atoms with Gasteiger partial charge in [-0.25, -0.2) is 0 Å². The molecule has 5 heteroatoms. The number of hydrogen-bond donors (Lipinski definition) is 2. The quantitative estimate of drug-likeness (QED) is 0.757. The molecule has 4 nitrogen and oxygen atoms in total. The molecule has 1 rings (SSSR count). The van der Waals surface area contributed by atoms with Crippen molar-refractivity contribution in [2.75, 3.05) is 20.3 Å². The fraction of sp³-hybridized carbons (Fsp3) is 0.533. The van der Waals surface area contributed by atoms with Crippen molar-refractivity contribution >= 4 is 17.2 Å². The van der Waals surface area contributed by atoms with Gasteiger partial charge in [0, 0.05) is 13.5 Å². The SMILES string of the molecule is CCCC(COC)NC(=O)c1ccc(C#CCCO)s1. The maximum Gasteiger partial charge on any atom is 0.261 e. The molecule has 0 radical (unpaired) electrons. The summed E-state index contributed by atoms with van der Waals surface area (Å²) in [4.78, 5) is 13.6. The topological polar surface area (TPSA) is 58.6 Å². The third-order valence-corrected chi connectivity index (χ3v) is 3.62. The maximum absolute atomic E-state index is 12.1. The predicted octanol–water partition coefficient (Wildman–Crippen LogP) is 2.03. The molecule has 0 spiro atoms. The number of carbonyl (C=O) groups excluding carboxylic acids is 1. The lowest BCUT2D eigenvalue weighted by Gasteiger charge is -2.16. The number of nitrogens with one attached hydrogen (secondary N) is 1. The van der Waals surface area contributed by atoms with Gasteiger partial charge in [0.1, 0.15) is 0 Å². The molecule has 1 aromatic heterocycles. The van der Waals surface area contributed by atoms with E-state index in [4.69, 9.17) is 9.84 Å². The summed E-state index contributed by atoms with van der Waals surface area (Å²) < 4.78 is 5.11. The van der Waals surface area contributed by atoms with E-state index in [2.05, 4.69) is 24.1 Å². The smallest absolute Gasteiger partial charge is 0.261 e. The summed E-state index contributed by atoms with van der Waals surface area (Å²) >= 11 is 1.36. The van der Waals surface area contributed by atoms with Crippen molar-refractivity contribution in [2.45, 2.75) is 32.2 Å². The van der Waals surface area contributed by atoms with E-state index >= 15 is 0 Å². The zero-order valence-corrected chi connectivity index (χ0v) is 12.8. The van der Waals surface area contributed by atoms with Gasteiger partial charge in [-0.15, -0.1) is 11.3 Å². The molecule has 0 bridgehead atoms. The Labute approximate surface area is 124 Å². The van der Waals surface area contributed by atoms with Gasteiger partial charge >= 0.3 is 0 Å². The van der Waals surface area contributed by atoms with Crippen LogP contribution in [0.1, 0.15) is 40.7 Å². The van der Waals surface area contributed by atoms with Gasteiger partial charge in [0.25, 0.3) is 5.91 Å². The van der Waals surface area contributed by atoms with Crippen LogP contribution in [-0.2, 0) is 4.74 Å². The van der Waals surface area contributed by atoms with Crippen LogP contribution >= 0.6 is 11.3 Å². The van der Waals surface area contributed by atoms with Gasteiger partial charge in [0.15, 0.2) is 0 Å². The van der Waals surface area contributed by atoms with E-state index in [1.807, 2.05) is 6.07 Å². The van der Waals surface area contributed by atoms with Crippen molar-refractivity contribution in [2.24, 2.45) is 0 Å². The normalized spacial score (nSPS) is 11.6. The molecule has 110 valence electrons. The molecule has 0 saturated carbocycles. The van der Waals surface area contributed by atoms with Crippen LogP contribution in [-0.4, -0.2) is 37.4 Å². The number of hydrogen-bond acceptors (Lipinski definition) is 4. The van der Waals surface area contributed by atoms with Crippen LogP contribution in [0, 0.1) is 11.8 Å². The standard InChI is InChI=1S/C15H21NO3S/c1-3-6-12(11-19-2)16-15(18)14-9-8-13(20-14)7-4-5-10-17/h8-9,12,17H,3,5-6,10-11H2,1-2H3,(H,16,18). The van der Waals surface area contributed by atoms with Crippen LogP contribution in [0.25, 0.3) is 0 Å². The van der Waals surface area contributed by atoms with Gasteiger partial charge in [-0.2, -0.15) is 0 Å². The van der Waals surface area contributed by atoms with Gasteiger partial charge in [-0.3, -0.25) is 4.79 Å². The molecule has 1 amide bonds. The van der Waals surface area contributed by atoms with E-state index in [1.54, 1.807) is 13.2 Å². The van der Waals surface area contributed by atoms with Gasteiger partial charge in [-0.05, 0) is 18.6 Å². The highest BCUT2D eigenvalue weighted by Gasteiger charge is 2.14. The minimum Gasteiger partial charge on any atom is -0.395 e. The summed E-state index contributed by atoms with van der Waals surface area (Å²) in [6, 6.07) is 3.65. The molecule has 0 aromatic carbocycles. The Hall–Kier alpha value is -1.35. The predicted molar refractivity (Wildman–Crippen MR) is 80.9 cm³/mol. The van der Waals surface area contributed by atoms with Gasteiger partial charge < -0.3 is 15.2 Å². The lowest BCUT2D eigenvalue weighted by atomic mass is 10.2. The number of thiophene rings is 1. The second kappa shape index (κ2) is 9.54. The average molecular weight is 295 g/mol. The molecular formula is C15H21NO3S. The van der Waals surface area contributed by atoms with Crippen LogP contribution in [0.2, 0.25) is 0 Å². The molecule has 0 aliphatic carbocycles. The molecule has 1 heterocycles. The molecule has 0 saturated heterocycles. The average Bonchev–Trinajstić information content (AvgIpc) is 2.88. The van der Waals surface area contributed by atoms with Gasteiger partial charge in [0.2, 0.25) is 0 Å². The van der Waals surface area contributed by atoms with Crippen molar-refractivity contribution < 1.29 is 14.6 Å². The number of rotatable bonds is 7. The number of aliphatic hydroxyl groups excluding tert-OH is 1. The summed E-state index contributed by atoms with van der Waals surface area (Å²) in [7, 11) is 1.63. The molecular weight excluding hydrogens is 274 g/mol. The first-order valence-corrected chi connectivity index (χ1v) is 7.52. The van der Waals surface area contributed by atoms with Crippen LogP contribution in [0.5, 0.6) is 0 Å². The highest BCUT2D eigenvalue weighted by atomic mass is 32.1. The Morgan fingerprint density at radius 3 is 3.00 bits per heavy atom. The molecule has 20 heavy (non-hydrogen) atoms. The van der Waals surface area contributed by atoms with E-state index in [-0.39, 0.29) is 18.6 Å². The zero-order chi connectivity index (χ0) is 14.8. The van der Waals surface area contributed by atoms with E-state index < -0.39 is 0 Å². The number of aliphatic hydroxyl groups is 1. The third-order valence-electron chi connectivity index (χ3n) is 2.62. The molecule has 2 N–H and O–H groups in total. The minimum absolute atomic E-state index is 0.0449. The number of amides is 1. The Kier molecular flexibility index (Phi) is 7.97. The first-order valence-electron chi connectivity index (χ1n) is 6.70. The fourth-order valence-corrected chi connectivity index (χ4v) is 2.52. The molecule has 1 atom stereocenters. The van der Waals surface area contributed by atoms with Crippen LogP contribution in [0.4, 0.5) is 0 Å². The largest absolute Gasteiger partial charge is 0.395 e. The number of methoxy groups -OCH3 is 1. The minimum atomic E-state index is -0.0827. The lowest BCUT2D eigenvalue weighted by Crippen LogP contribution is -2.37. The first kappa shape index (κ1) is 16.7. The van der Waals surface area contributed by atoms with E-state index in [9.17, 15) is 4.79 Å². The molecule has 1 aromatic rings. The Morgan fingerprint density at radius 2 is 2.35 bits per heavy atom. The molecule has 0 aliphatic heterocycles. The monoisotopic (exact) mass is 295 g/mol. The van der Waals surface area contributed by atoms with E-state index in [0.29, 0.717) is 17.9 Å². The lowest BCUT2D eigenvalue weighted by molar-refractivity contribution is 0.0895. The summed E-state index contributed by atoms with van der Waals surface area (Å²) in [6.07, 6.45) is 2.34. The maximum atomic E-state index is 12.1. The Bertz CT molecular complexity index is 467. The van der Waals surface area contributed by atoms with E-state index in [0.717, 1.165) is 17.7 Å². The van der Waals surface area contributed by atoms with Crippen LogP contribution in [0.3, 0.4) is 0 Å². The van der Waals surface area contributed by atoms with Crippen molar-refractivity contribution in [3.05, 3.63) is 21.9 Å². The van der Waals surface area contributed by atoms with Gasteiger partial charge in [-0.1, -0.05) is 25.2 Å². The second-order valence-corrected chi connectivity index (χ2v) is 5.44. The summed E-state index contributed by atoms with van der Waals surface area (Å²) in [5, 5.41) is 11.6. The molecule has 1 unspecified atom stereocenters. The van der Waals surface area contributed by atoms with Crippen molar-refractivity contribution in [1.29, 1.82) is 0 Å². The van der Waals surface area contributed by atoms with E-state index in [1.165, 1.54) is 11.3 Å². The molecule has 0 aliphatic rings. The summed E-state index contributed by atoms with van der Waals surface area (Å²) in [5.41, 5.74) is 0. The second-order valence-electron chi connectivity index (χ2n) is 4.35. The Morgan fingerprint density at radius 1 is 1.55 bits per heavy atom. The fourth-order valence-electron chi connectivity index (χ4n) is 1.74. The van der Waals surface area contributed by atoms with Crippen LogP contribution in [0.15, 0.2) is 12.1 Å². The highest BCUT2D eigenvalue weighted by molar-refractivity contribution is 7.14. The van der Waals surface area contributed by atoms with Crippen molar-refractivity contribution in [1.82, 2.24) is 5.32 Å². The Balaban J connectivity index is 2.61. The summed E-state index contributed by atoms with van der Waals surface area (Å²) in [6.45, 7) is 2.66. The number of carbonyl (C=O) groups is 1. The van der Waals surface area contributed by atoms with Crippen LogP contribution < -0.4 is 5.32 Å².